The molecule has 3 saturated heterocycles. The highest BCUT2D eigenvalue weighted by molar-refractivity contribution is 6.31. The third kappa shape index (κ3) is 6.04. The molecule has 4 aliphatic carbocycles. The van der Waals surface area contributed by atoms with Crippen molar-refractivity contribution in [1.29, 1.82) is 0 Å². The molecule has 5 aliphatic heterocycles. The molecule has 4 atom stereocenters. The Bertz CT molecular complexity index is 2650. The van der Waals surface area contributed by atoms with Crippen LogP contribution in [-0.2, 0) is 35.9 Å². The highest BCUT2D eigenvalue weighted by Crippen LogP contribution is 2.69. The van der Waals surface area contributed by atoms with Gasteiger partial charge in [-0.05, 0) is 98.4 Å². The molecular formula is C49H47Cl2FN6O6. The number of fused-ring (bicyclic) bond motifs is 4. The number of carbonyl (C=O) groups excluding carboxylic acids is 6. The van der Waals surface area contributed by atoms with E-state index in [-0.39, 0.29) is 59.0 Å². The van der Waals surface area contributed by atoms with E-state index >= 15 is 4.39 Å². The summed E-state index contributed by atoms with van der Waals surface area (Å²) in [6, 6.07) is 13.8. The first-order valence-corrected chi connectivity index (χ1v) is 23.3. The van der Waals surface area contributed by atoms with E-state index in [1.54, 1.807) is 36.4 Å². The van der Waals surface area contributed by atoms with Crippen molar-refractivity contribution in [2.75, 3.05) is 18.4 Å². The van der Waals surface area contributed by atoms with E-state index in [0.29, 0.717) is 86.3 Å². The van der Waals surface area contributed by atoms with Crippen molar-refractivity contribution >= 4 is 64.3 Å². The van der Waals surface area contributed by atoms with E-state index in [4.69, 9.17) is 23.2 Å². The summed E-state index contributed by atoms with van der Waals surface area (Å²) in [5.74, 6) is 3.64. The lowest BCUT2D eigenvalue weighted by Crippen LogP contribution is -2.79. The van der Waals surface area contributed by atoms with Crippen LogP contribution in [0.3, 0.4) is 0 Å². The van der Waals surface area contributed by atoms with Gasteiger partial charge in [0.2, 0.25) is 29.5 Å². The van der Waals surface area contributed by atoms with Crippen LogP contribution in [0, 0.1) is 29.0 Å². The van der Waals surface area contributed by atoms with E-state index in [0.717, 1.165) is 30.4 Å². The van der Waals surface area contributed by atoms with Gasteiger partial charge in [0.05, 0.1) is 16.5 Å². The lowest BCUT2D eigenvalue weighted by Gasteiger charge is -2.70. The zero-order valence-electron chi connectivity index (χ0n) is 35.1. The van der Waals surface area contributed by atoms with Gasteiger partial charge in [-0.2, -0.15) is 0 Å². The number of hydrogen-bond acceptors (Lipinski definition) is 7. The third-order valence-electron chi connectivity index (χ3n) is 16.0. The molecule has 6 amide bonds. The Morgan fingerprint density at radius 3 is 2.39 bits per heavy atom. The van der Waals surface area contributed by atoms with Gasteiger partial charge in [-0.25, -0.2) is 4.39 Å². The second kappa shape index (κ2) is 14.9. The fourth-order valence-electron chi connectivity index (χ4n) is 13.1. The van der Waals surface area contributed by atoms with E-state index in [9.17, 15) is 28.8 Å². The van der Waals surface area contributed by atoms with Crippen molar-refractivity contribution in [1.82, 2.24) is 25.8 Å². The van der Waals surface area contributed by atoms with Crippen LogP contribution in [0.5, 0.6) is 0 Å². The van der Waals surface area contributed by atoms with Crippen LogP contribution in [0.2, 0.25) is 10.0 Å². The molecule has 330 valence electrons. The second-order valence-electron chi connectivity index (χ2n) is 19.5. The Labute approximate surface area is 379 Å². The fraction of sp³-hybridized carbons (Fsp3) is 0.469. The summed E-state index contributed by atoms with van der Waals surface area (Å²) in [5.41, 5.74) is 0.215. The number of hydrogen-bond donors (Lipinski definition) is 4. The molecular weight excluding hydrogens is 858 g/mol. The van der Waals surface area contributed by atoms with Crippen molar-refractivity contribution in [2.24, 2.45) is 11.3 Å². The molecule has 1 unspecified atom stereocenters. The highest BCUT2D eigenvalue weighted by atomic mass is 35.5. The molecule has 3 aromatic carbocycles. The number of benzene rings is 3. The number of carbonyl (C=O) groups is 6. The Morgan fingerprint density at radius 1 is 0.891 bits per heavy atom. The lowest BCUT2D eigenvalue weighted by atomic mass is 9.38. The van der Waals surface area contributed by atoms with Gasteiger partial charge in [0.25, 0.3) is 5.91 Å². The van der Waals surface area contributed by atoms with Crippen molar-refractivity contribution in [2.45, 2.75) is 118 Å². The average molecular weight is 906 g/mol. The molecule has 4 saturated carbocycles. The molecule has 4 N–H and O–H groups in total. The van der Waals surface area contributed by atoms with Gasteiger partial charge in [-0.15, -0.1) is 0 Å². The number of nitrogens with one attached hydrogen (secondary N) is 4. The largest absolute Gasteiger partial charge is 0.349 e. The van der Waals surface area contributed by atoms with Crippen molar-refractivity contribution in [3.8, 4) is 11.8 Å². The molecule has 12 rings (SSSR count). The Hall–Kier alpha value is -5.29. The molecule has 9 aliphatic rings. The topological polar surface area (TPSA) is 157 Å². The predicted molar refractivity (Wildman–Crippen MR) is 234 cm³/mol. The second-order valence-corrected chi connectivity index (χ2v) is 20.3. The molecule has 3 aromatic rings. The number of halogens is 3. The quantitative estimate of drug-likeness (QED) is 0.184. The first-order valence-electron chi connectivity index (χ1n) is 22.5. The van der Waals surface area contributed by atoms with Gasteiger partial charge in [0.1, 0.15) is 17.3 Å². The summed E-state index contributed by atoms with van der Waals surface area (Å²) in [6.07, 6.45) is 7.33. The van der Waals surface area contributed by atoms with Gasteiger partial charge >= 0.3 is 0 Å². The van der Waals surface area contributed by atoms with Crippen LogP contribution in [0.1, 0.15) is 116 Å². The van der Waals surface area contributed by atoms with Crippen molar-refractivity contribution < 1.29 is 33.2 Å². The van der Waals surface area contributed by atoms with Crippen LogP contribution in [0.15, 0.2) is 54.6 Å². The molecule has 5 heterocycles. The van der Waals surface area contributed by atoms with E-state index in [1.807, 2.05) is 17.0 Å². The van der Waals surface area contributed by atoms with Gasteiger partial charge in [-0.1, -0.05) is 78.6 Å². The SMILES string of the molecule is O=C1CCC(N2Cc3c(C#CC4CCN(C(=O)C56CC(NC(=O)[C@@H]7NC8(CCCCC8)[C@@]8(C(=O)Nc9cc(Cl)ccc98)[C@H]7c7cccc(Cl)c7F)(C5)C6)CC4)cccc3C2=O)C(=O)N1. The molecule has 2 spiro atoms. The number of anilines is 1. The zero-order chi connectivity index (χ0) is 44.3. The maximum Gasteiger partial charge on any atom is 0.255 e. The van der Waals surface area contributed by atoms with E-state index in [2.05, 4.69) is 33.1 Å². The summed E-state index contributed by atoms with van der Waals surface area (Å²) < 4.78 is 16.4. The molecule has 2 bridgehead atoms. The van der Waals surface area contributed by atoms with Crippen molar-refractivity contribution in [3.05, 3.63) is 98.3 Å². The number of piperidine rings is 2. The predicted octanol–water partition coefficient (Wildman–Crippen LogP) is 5.87. The van der Waals surface area contributed by atoms with Crippen LogP contribution >= 0.6 is 23.2 Å². The normalized spacial score (nSPS) is 31.1. The Balaban J connectivity index is 0.770. The van der Waals surface area contributed by atoms with Gasteiger partial charge in [-0.3, -0.25) is 39.4 Å². The Morgan fingerprint density at radius 2 is 1.64 bits per heavy atom. The number of nitrogens with zero attached hydrogens (tertiary/aromatic N) is 2. The van der Waals surface area contributed by atoms with Crippen molar-refractivity contribution in [3.63, 3.8) is 0 Å². The van der Waals surface area contributed by atoms with E-state index < -0.39 is 51.6 Å². The minimum absolute atomic E-state index is 0.0553. The van der Waals surface area contributed by atoms with Gasteiger partial charge in [0, 0.05) is 70.8 Å². The lowest BCUT2D eigenvalue weighted by molar-refractivity contribution is -0.194. The number of likely N-dealkylation sites (tertiary alicyclic amines) is 1. The maximum absolute atomic E-state index is 16.4. The summed E-state index contributed by atoms with van der Waals surface area (Å²) in [7, 11) is 0. The minimum Gasteiger partial charge on any atom is -0.349 e. The molecule has 0 aromatic heterocycles. The van der Waals surface area contributed by atoms with Gasteiger partial charge in [0.15, 0.2) is 0 Å². The number of imide groups is 1. The summed E-state index contributed by atoms with van der Waals surface area (Å²) >= 11 is 12.8. The average Bonchev–Trinajstić information content (AvgIpc) is 3.85. The molecule has 64 heavy (non-hydrogen) atoms. The fourth-order valence-corrected chi connectivity index (χ4v) is 13.5. The summed E-state index contributed by atoms with van der Waals surface area (Å²) in [5, 5.41) is 12.8. The van der Waals surface area contributed by atoms with Crippen LogP contribution < -0.4 is 21.3 Å². The standard InChI is InChI=1S/C49H47Cl2FN6O6/c50-29-12-13-33-35(22-29)53-44(63)49(33)38(31-8-5-9-34(51)39(31)52)40(55-48(49)18-2-1-3-19-48)42(61)56-47-24-46(25-47,26-47)45(64)57-20-16-27(17-21-57)10-11-28-6-4-7-30-32(28)23-58(43(30)62)36-14-15-37(59)54-41(36)60/h4-9,12-13,22,27,36,38,40,55H,1-3,14-21,23-26H2,(H,53,63)(H,56,61)(H,54,59,60)/t36?,38-,40+,46?,47?,49+/m0/s1. The van der Waals surface area contributed by atoms with E-state index in [1.165, 1.54) is 11.0 Å². The number of rotatable bonds is 5. The molecule has 0 radical (unpaired) electrons. The highest BCUT2D eigenvalue weighted by Gasteiger charge is 2.75. The molecule has 12 nitrogen and oxygen atoms in total. The Kier molecular flexibility index (Phi) is 9.62. The maximum atomic E-state index is 16.4. The van der Waals surface area contributed by atoms with Gasteiger partial charge < -0.3 is 20.4 Å². The third-order valence-corrected chi connectivity index (χ3v) is 16.5. The monoisotopic (exact) mass is 904 g/mol. The van der Waals surface area contributed by atoms with Crippen LogP contribution in [0.25, 0.3) is 0 Å². The summed E-state index contributed by atoms with van der Waals surface area (Å²) in [6.45, 7) is 1.38. The first kappa shape index (κ1) is 41.4. The van der Waals surface area contributed by atoms with Crippen LogP contribution in [-0.4, -0.2) is 81.5 Å². The smallest absolute Gasteiger partial charge is 0.255 e. The zero-order valence-corrected chi connectivity index (χ0v) is 36.6. The first-order chi connectivity index (χ1) is 30.8. The molecule has 7 fully saturated rings. The summed E-state index contributed by atoms with van der Waals surface area (Å²) in [4.78, 5) is 84.6. The minimum atomic E-state index is -1.33. The van der Waals surface area contributed by atoms with Crippen LogP contribution in [0.4, 0.5) is 10.1 Å². The molecule has 15 heteroatoms. The number of amides is 6.